The molecule has 0 radical (unpaired) electrons. The monoisotopic (exact) mass is 175 g/mol. The quantitative estimate of drug-likeness (QED) is 0.644. The fourth-order valence-corrected chi connectivity index (χ4v) is 1.33. The molecule has 0 aromatic heterocycles. The van der Waals surface area contributed by atoms with Crippen molar-refractivity contribution < 1.29 is 0 Å². The van der Waals surface area contributed by atoms with Gasteiger partial charge in [-0.05, 0) is 11.2 Å². The maximum atomic E-state index is 3.44. The van der Waals surface area contributed by atoms with Gasteiger partial charge in [0, 0.05) is 18.8 Å². The van der Waals surface area contributed by atoms with Crippen molar-refractivity contribution in [2.45, 2.75) is 27.7 Å². The van der Waals surface area contributed by atoms with Gasteiger partial charge in [0.1, 0.15) is 0 Å². The molecular weight excluding hydrogens is 154 g/mol. The summed E-state index contributed by atoms with van der Waals surface area (Å²) in [5, 5.41) is 3.44. The molecule has 0 amide bonds. The highest BCUT2D eigenvalue weighted by atomic mass is 32.2. The summed E-state index contributed by atoms with van der Waals surface area (Å²) in [6.07, 6.45) is 0. The summed E-state index contributed by atoms with van der Waals surface area (Å²) in [7, 11) is 0. The van der Waals surface area contributed by atoms with Crippen molar-refractivity contribution in [3.63, 3.8) is 0 Å². The van der Waals surface area contributed by atoms with Crippen LogP contribution in [0.2, 0.25) is 0 Å². The van der Waals surface area contributed by atoms with Crippen molar-refractivity contribution in [3.05, 3.63) is 0 Å². The molecule has 0 unspecified atom stereocenters. The molecule has 11 heavy (non-hydrogen) atoms. The van der Waals surface area contributed by atoms with Crippen LogP contribution in [0.25, 0.3) is 0 Å². The van der Waals surface area contributed by atoms with E-state index in [0.29, 0.717) is 5.41 Å². The molecule has 0 bridgehead atoms. The smallest absolute Gasteiger partial charge is 0.00580 e. The molecule has 68 valence electrons. The summed E-state index contributed by atoms with van der Waals surface area (Å²) in [4.78, 5) is 0. The van der Waals surface area contributed by atoms with Gasteiger partial charge in [-0.1, -0.05) is 27.7 Å². The second-order valence-corrected chi connectivity index (χ2v) is 5.33. The summed E-state index contributed by atoms with van der Waals surface area (Å²) in [6.45, 7) is 11.2. The Hall–Kier alpha value is 0.310. The highest BCUT2D eigenvalue weighted by Crippen LogP contribution is 2.10. The van der Waals surface area contributed by atoms with Crippen LogP contribution in [0.1, 0.15) is 27.7 Å². The topological polar surface area (TPSA) is 12.0 Å². The van der Waals surface area contributed by atoms with E-state index in [1.54, 1.807) is 0 Å². The lowest BCUT2D eigenvalue weighted by molar-refractivity contribution is 0.385. The molecule has 0 aromatic carbocycles. The Morgan fingerprint density at radius 2 is 1.91 bits per heavy atom. The first kappa shape index (κ1) is 11.3. The van der Waals surface area contributed by atoms with E-state index in [-0.39, 0.29) is 0 Å². The van der Waals surface area contributed by atoms with Crippen LogP contribution in [0.3, 0.4) is 0 Å². The molecule has 0 aliphatic carbocycles. The molecule has 1 nitrogen and oxygen atoms in total. The minimum absolute atomic E-state index is 0.427. The van der Waals surface area contributed by atoms with E-state index in [4.69, 9.17) is 0 Å². The summed E-state index contributed by atoms with van der Waals surface area (Å²) < 4.78 is 0. The van der Waals surface area contributed by atoms with Crippen LogP contribution in [-0.4, -0.2) is 24.6 Å². The minimum atomic E-state index is 0.427. The predicted octanol–water partition coefficient (Wildman–Crippen LogP) is 2.38. The minimum Gasteiger partial charge on any atom is -0.315 e. The summed E-state index contributed by atoms with van der Waals surface area (Å²) in [6, 6.07) is 0. The van der Waals surface area contributed by atoms with Gasteiger partial charge in [-0.25, -0.2) is 0 Å². The number of hydrogen-bond donors (Lipinski definition) is 1. The van der Waals surface area contributed by atoms with Crippen LogP contribution in [0, 0.1) is 5.41 Å². The molecular formula is C9H21NS. The third-order valence-corrected chi connectivity index (χ3v) is 2.18. The number of thioether (sulfide) groups is 1. The Bertz CT molecular complexity index is 86.1. The van der Waals surface area contributed by atoms with Crippen molar-refractivity contribution >= 4 is 11.8 Å². The fourth-order valence-electron chi connectivity index (χ4n) is 0.752. The third kappa shape index (κ3) is 10.3. The summed E-state index contributed by atoms with van der Waals surface area (Å²) in [5.74, 6) is 2.48. The maximum absolute atomic E-state index is 3.44. The Kier molecular flexibility index (Phi) is 6.06. The van der Waals surface area contributed by atoms with Gasteiger partial charge in [-0.3, -0.25) is 0 Å². The SMILES string of the molecule is CCSCCNCC(C)(C)C. The molecule has 0 aliphatic rings. The Labute approximate surface area is 75.3 Å². The second-order valence-electron chi connectivity index (χ2n) is 3.93. The molecule has 0 fully saturated rings. The standard InChI is InChI=1S/C9H21NS/c1-5-11-7-6-10-8-9(2,3)4/h10H,5-8H2,1-4H3. The molecule has 0 aliphatic heterocycles. The Balaban J connectivity index is 3.02. The van der Waals surface area contributed by atoms with E-state index >= 15 is 0 Å². The van der Waals surface area contributed by atoms with Gasteiger partial charge in [-0.2, -0.15) is 11.8 Å². The largest absolute Gasteiger partial charge is 0.315 e. The lowest BCUT2D eigenvalue weighted by atomic mass is 9.97. The van der Waals surface area contributed by atoms with Crippen LogP contribution in [0.4, 0.5) is 0 Å². The first-order chi connectivity index (χ1) is 5.06. The number of hydrogen-bond acceptors (Lipinski definition) is 2. The molecule has 0 atom stereocenters. The van der Waals surface area contributed by atoms with Crippen molar-refractivity contribution in [2.24, 2.45) is 5.41 Å². The zero-order valence-corrected chi connectivity index (χ0v) is 9.05. The molecule has 2 heteroatoms. The second kappa shape index (κ2) is 5.90. The molecule has 0 rings (SSSR count). The molecule has 0 heterocycles. The lowest BCUT2D eigenvalue weighted by Crippen LogP contribution is -2.28. The first-order valence-corrected chi connectivity index (χ1v) is 5.50. The van der Waals surface area contributed by atoms with Gasteiger partial charge in [0.15, 0.2) is 0 Å². The maximum Gasteiger partial charge on any atom is 0.00580 e. The van der Waals surface area contributed by atoms with Crippen LogP contribution >= 0.6 is 11.8 Å². The first-order valence-electron chi connectivity index (χ1n) is 4.35. The van der Waals surface area contributed by atoms with E-state index in [9.17, 15) is 0 Å². The fraction of sp³-hybridized carbons (Fsp3) is 1.00. The molecule has 0 spiro atoms. The predicted molar refractivity (Wildman–Crippen MR) is 55.3 cm³/mol. The van der Waals surface area contributed by atoms with Gasteiger partial charge in [-0.15, -0.1) is 0 Å². The third-order valence-electron chi connectivity index (χ3n) is 1.28. The summed E-state index contributed by atoms with van der Waals surface area (Å²) in [5.41, 5.74) is 0.427. The van der Waals surface area contributed by atoms with Gasteiger partial charge in [0.05, 0.1) is 0 Å². The number of rotatable bonds is 5. The van der Waals surface area contributed by atoms with Gasteiger partial charge in [0.25, 0.3) is 0 Å². The Morgan fingerprint density at radius 1 is 1.27 bits per heavy atom. The van der Waals surface area contributed by atoms with Crippen LogP contribution < -0.4 is 5.32 Å². The average Bonchev–Trinajstić information content (AvgIpc) is 1.85. The van der Waals surface area contributed by atoms with Crippen molar-refractivity contribution in [3.8, 4) is 0 Å². The molecule has 0 saturated heterocycles. The highest BCUT2D eigenvalue weighted by Gasteiger charge is 2.07. The van der Waals surface area contributed by atoms with Gasteiger partial charge >= 0.3 is 0 Å². The highest BCUT2D eigenvalue weighted by molar-refractivity contribution is 7.99. The van der Waals surface area contributed by atoms with Crippen molar-refractivity contribution in [1.29, 1.82) is 0 Å². The molecule has 0 saturated carbocycles. The van der Waals surface area contributed by atoms with Crippen LogP contribution in [0.15, 0.2) is 0 Å². The van der Waals surface area contributed by atoms with E-state index < -0.39 is 0 Å². The zero-order chi connectivity index (χ0) is 8.74. The van der Waals surface area contributed by atoms with Crippen LogP contribution in [0.5, 0.6) is 0 Å². The zero-order valence-electron chi connectivity index (χ0n) is 8.24. The normalized spacial score (nSPS) is 12.0. The van der Waals surface area contributed by atoms with E-state index in [2.05, 4.69) is 33.0 Å². The van der Waals surface area contributed by atoms with Gasteiger partial charge in [0.2, 0.25) is 0 Å². The lowest BCUT2D eigenvalue weighted by Gasteiger charge is -2.18. The summed E-state index contributed by atoms with van der Waals surface area (Å²) >= 11 is 2.00. The van der Waals surface area contributed by atoms with E-state index in [1.807, 2.05) is 11.8 Å². The number of nitrogens with one attached hydrogen (secondary N) is 1. The van der Waals surface area contributed by atoms with Crippen molar-refractivity contribution in [2.75, 3.05) is 24.6 Å². The van der Waals surface area contributed by atoms with Crippen LogP contribution in [-0.2, 0) is 0 Å². The molecule has 1 N–H and O–H groups in total. The van der Waals surface area contributed by atoms with E-state index in [1.165, 1.54) is 11.5 Å². The molecule has 0 aromatic rings. The van der Waals surface area contributed by atoms with Crippen molar-refractivity contribution in [1.82, 2.24) is 5.32 Å². The van der Waals surface area contributed by atoms with Gasteiger partial charge < -0.3 is 5.32 Å². The average molecular weight is 175 g/mol. The Morgan fingerprint density at radius 3 is 2.36 bits per heavy atom. The van der Waals surface area contributed by atoms with E-state index in [0.717, 1.165) is 13.1 Å².